The minimum absolute atomic E-state index is 0. The Balaban J connectivity index is 0.00000364. The quantitative estimate of drug-likeness (QED) is 0.212. The molecule has 0 aliphatic carbocycles. The van der Waals surface area contributed by atoms with Crippen molar-refractivity contribution >= 4 is 29.9 Å². The molecule has 0 unspecified atom stereocenters. The molecule has 2 rings (SSSR count). The maximum absolute atomic E-state index is 12.3. The molecule has 1 aliphatic rings. The Morgan fingerprint density at radius 2 is 2.07 bits per heavy atom. The molecule has 27 heavy (non-hydrogen) atoms. The molecule has 0 aromatic carbocycles. The van der Waals surface area contributed by atoms with E-state index in [4.69, 9.17) is 4.74 Å². The SMILES string of the molecule is CCNC(=NCCCn1nc2n(c1=O)CCCC2)NCCCCOCC.I. The standard InChI is InChI=1S/C18H34N6O2.HI/c1-3-19-17(20-11-6-8-15-26-4-2)21-12-9-14-24-18(25)23-13-7-5-10-16(23)22-24;/h3-15H2,1-2H3,(H2,19,20,21);1H. The largest absolute Gasteiger partial charge is 0.382 e. The fourth-order valence-corrected chi connectivity index (χ4v) is 3.03. The lowest BCUT2D eigenvalue weighted by Crippen LogP contribution is -2.38. The molecule has 156 valence electrons. The second-order valence-corrected chi connectivity index (χ2v) is 6.48. The van der Waals surface area contributed by atoms with E-state index in [1.807, 2.05) is 11.5 Å². The van der Waals surface area contributed by atoms with Crippen molar-refractivity contribution in [2.45, 2.75) is 65.5 Å². The monoisotopic (exact) mass is 494 g/mol. The van der Waals surface area contributed by atoms with E-state index in [1.54, 1.807) is 4.68 Å². The molecule has 2 N–H and O–H groups in total. The van der Waals surface area contributed by atoms with Crippen molar-refractivity contribution in [3.8, 4) is 0 Å². The molecule has 0 amide bonds. The minimum atomic E-state index is 0. The van der Waals surface area contributed by atoms with Crippen molar-refractivity contribution < 1.29 is 4.74 Å². The summed E-state index contributed by atoms with van der Waals surface area (Å²) in [6, 6.07) is 0. The summed E-state index contributed by atoms with van der Waals surface area (Å²) >= 11 is 0. The third-order valence-electron chi connectivity index (χ3n) is 4.39. The molecule has 0 spiro atoms. The Bertz CT molecular complexity index is 613. The second kappa shape index (κ2) is 14.0. The molecule has 2 heterocycles. The zero-order chi connectivity index (χ0) is 18.6. The summed E-state index contributed by atoms with van der Waals surface area (Å²) in [5, 5.41) is 11.1. The third-order valence-corrected chi connectivity index (χ3v) is 4.39. The van der Waals surface area contributed by atoms with Gasteiger partial charge in [-0.25, -0.2) is 9.48 Å². The fraction of sp³-hybridized carbons (Fsp3) is 0.833. The van der Waals surface area contributed by atoms with E-state index in [0.29, 0.717) is 13.1 Å². The van der Waals surface area contributed by atoms with Crippen LogP contribution in [0.2, 0.25) is 0 Å². The molecule has 0 bridgehead atoms. The normalized spacial score (nSPS) is 13.8. The molecule has 1 aliphatic heterocycles. The highest BCUT2D eigenvalue weighted by Crippen LogP contribution is 2.09. The number of aryl methyl sites for hydroxylation is 2. The lowest BCUT2D eigenvalue weighted by Gasteiger charge is -2.11. The Morgan fingerprint density at radius 3 is 2.81 bits per heavy atom. The van der Waals surface area contributed by atoms with Gasteiger partial charge in [0, 0.05) is 52.4 Å². The smallest absolute Gasteiger partial charge is 0.345 e. The highest BCUT2D eigenvalue weighted by atomic mass is 127. The second-order valence-electron chi connectivity index (χ2n) is 6.48. The number of halogens is 1. The van der Waals surface area contributed by atoms with Crippen LogP contribution in [-0.4, -0.2) is 53.2 Å². The summed E-state index contributed by atoms with van der Waals surface area (Å²) in [6.45, 7) is 9.48. The van der Waals surface area contributed by atoms with Gasteiger partial charge < -0.3 is 15.4 Å². The first-order valence-corrected chi connectivity index (χ1v) is 10.0. The maximum Gasteiger partial charge on any atom is 0.345 e. The maximum atomic E-state index is 12.3. The molecular weight excluding hydrogens is 459 g/mol. The number of unbranched alkanes of at least 4 members (excludes halogenated alkanes) is 1. The first-order chi connectivity index (χ1) is 12.8. The summed E-state index contributed by atoms with van der Waals surface area (Å²) in [7, 11) is 0. The molecule has 0 atom stereocenters. The van der Waals surface area contributed by atoms with Gasteiger partial charge in [-0.1, -0.05) is 0 Å². The minimum Gasteiger partial charge on any atom is -0.382 e. The number of ether oxygens (including phenoxy) is 1. The van der Waals surface area contributed by atoms with Gasteiger partial charge in [0.1, 0.15) is 5.82 Å². The van der Waals surface area contributed by atoms with Crippen LogP contribution in [0.25, 0.3) is 0 Å². The van der Waals surface area contributed by atoms with Crippen LogP contribution in [0.15, 0.2) is 9.79 Å². The van der Waals surface area contributed by atoms with Crippen LogP contribution in [0.3, 0.4) is 0 Å². The fourth-order valence-electron chi connectivity index (χ4n) is 3.03. The number of hydrogen-bond donors (Lipinski definition) is 2. The van der Waals surface area contributed by atoms with Crippen LogP contribution >= 0.6 is 24.0 Å². The van der Waals surface area contributed by atoms with E-state index in [-0.39, 0.29) is 29.7 Å². The van der Waals surface area contributed by atoms with Gasteiger partial charge in [0.2, 0.25) is 0 Å². The van der Waals surface area contributed by atoms with Gasteiger partial charge in [-0.15, -0.1) is 24.0 Å². The number of aliphatic imine (C=N–C) groups is 1. The number of fused-ring (bicyclic) bond motifs is 1. The summed E-state index contributed by atoms with van der Waals surface area (Å²) in [5.74, 6) is 1.77. The van der Waals surface area contributed by atoms with Crippen LogP contribution in [0.1, 0.15) is 51.8 Å². The summed E-state index contributed by atoms with van der Waals surface area (Å²) in [6.07, 6.45) is 6.03. The zero-order valence-corrected chi connectivity index (χ0v) is 19.0. The molecule has 0 radical (unpaired) electrons. The first-order valence-electron chi connectivity index (χ1n) is 10.0. The Labute approximate surface area is 179 Å². The number of rotatable bonds is 11. The van der Waals surface area contributed by atoms with Crippen molar-refractivity contribution in [2.75, 3.05) is 32.8 Å². The molecule has 1 aromatic heterocycles. The highest BCUT2D eigenvalue weighted by molar-refractivity contribution is 14.0. The lowest BCUT2D eigenvalue weighted by atomic mass is 10.2. The third kappa shape index (κ3) is 8.20. The average molecular weight is 494 g/mol. The Hall–Kier alpha value is -1.10. The predicted molar refractivity (Wildman–Crippen MR) is 119 cm³/mol. The van der Waals surface area contributed by atoms with E-state index in [9.17, 15) is 4.79 Å². The van der Waals surface area contributed by atoms with Gasteiger partial charge in [-0.2, -0.15) is 5.10 Å². The topological polar surface area (TPSA) is 85.5 Å². The summed E-state index contributed by atoms with van der Waals surface area (Å²) in [5.41, 5.74) is 0.0306. The van der Waals surface area contributed by atoms with Crippen LogP contribution in [0.5, 0.6) is 0 Å². The van der Waals surface area contributed by atoms with Crippen LogP contribution in [0.4, 0.5) is 0 Å². The van der Waals surface area contributed by atoms with E-state index < -0.39 is 0 Å². The van der Waals surface area contributed by atoms with Gasteiger partial charge in [0.15, 0.2) is 5.96 Å². The van der Waals surface area contributed by atoms with E-state index in [1.165, 1.54) is 0 Å². The summed E-state index contributed by atoms with van der Waals surface area (Å²) < 4.78 is 8.76. The molecule has 9 heteroatoms. The first kappa shape index (κ1) is 23.9. The molecule has 0 saturated heterocycles. The highest BCUT2D eigenvalue weighted by Gasteiger charge is 2.15. The average Bonchev–Trinajstić information content (AvgIpc) is 2.97. The number of aromatic nitrogens is 3. The van der Waals surface area contributed by atoms with E-state index >= 15 is 0 Å². The van der Waals surface area contributed by atoms with Crippen molar-refractivity contribution in [3.05, 3.63) is 16.3 Å². The molecule has 1 aromatic rings. The van der Waals surface area contributed by atoms with Gasteiger partial charge in [-0.05, 0) is 46.0 Å². The van der Waals surface area contributed by atoms with Crippen molar-refractivity contribution in [1.82, 2.24) is 25.0 Å². The molecule has 0 fully saturated rings. The Morgan fingerprint density at radius 1 is 1.22 bits per heavy atom. The number of nitrogens with zero attached hydrogens (tertiary/aromatic N) is 4. The molecular formula is C18H35IN6O2. The van der Waals surface area contributed by atoms with Gasteiger partial charge in [0.25, 0.3) is 0 Å². The van der Waals surface area contributed by atoms with Crippen LogP contribution in [-0.2, 0) is 24.2 Å². The van der Waals surface area contributed by atoms with Crippen LogP contribution in [0, 0.1) is 0 Å². The number of hydrogen-bond acceptors (Lipinski definition) is 4. The van der Waals surface area contributed by atoms with E-state index in [0.717, 1.165) is 83.2 Å². The van der Waals surface area contributed by atoms with Crippen molar-refractivity contribution in [3.63, 3.8) is 0 Å². The van der Waals surface area contributed by atoms with Gasteiger partial charge >= 0.3 is 5.69 Å². The zero-order valence-electron chi connectivity index (χ0n) is 16.7. The van der Waals surface area contributed by atoms with E-state index in [2.05, 4.69) is 27.6 Å². The van der Waals surface area contributed by atoms with Gasteiger partial charge in [0.05, 0.1) is 0 Å². The van der Waals surface area contributed by atoms with Gasteiger partial charge in [-0.3, -0.25) is 9.56 Å². The number of guanidine groups is 1. The van der Waals surface area contributed by atoms with Crippen molar-refractivity contribution in [1.29, 1.82) is 0 Å². The molecule has 0 saturated carbocycles. The molecule has 8 nitrogen and oxygen atoms in total. The van der Waals surface area contributed by atoms with Crippen LogP contribution < -0.4 is 16.3 Å². The predicted octanol–water partition coefficient (Wildman–Crippen LogP) is 1.76. The summed E-state index contributed by atoms with van der Waals surface area (Å²) in [4.78, 5) is 16.9. The lowest BCUT2D eigenvalue weighted by molar-refractivity contribution is 0.143. The number of nitrogens with one attached hydrogen (secondary N) is 2. The van der Waals surface area contributed by atoms with Crippen molar-refractivity contribution in [2.24, 2.45) is 4.99 Å². The Kier molecular flexibility index (Phi) is 12.4.